The van der Waals surface area contributed by atoms with E-state index in [9.17, 15) is 4.79 Å². The van der Waals surface area contributed by atoms with Crippen LogP contribution in [0.2, 0.25) is 0 Å². The molecule has 1 heterocycles. The number of para-hydroxylation sites is 1. The third-order valence-corrected chi connectivity index (χ3v) is 2.06. The second-order valence-corrected chi connectivity index (χ2v) is 2.88. The first kappa shape index (κ1) is 18.8. The average molecular weight is 304 g/mol. The number of aromatic nitrogens is 1. The van der Waals surface area contributed by atoms with Gasteiger partial charge in [-0.25, -0.2) is 0 Å². The van der Waals surface area contributed by atoms with Gasteiger partial charge in [0.25, 0.3) is 0 Å². The molecule has 2 rings (SSSR count). The molecule has 0 atom stereocenters. The summed E-state index contributed by atoms with van der Waals surface area (Å²) >= 11 is 0. The van der Waals surface area contributed by atoms with Gasteiger partial charge in [0, 0.05) is 32.7 Å². The summed E-state index contributed by atoms with van der Waals surface area (Å²) in [7, 11) is 8.92. The fourth-order valence-corrected chi connectivity index (χ4v) is 1.41. The predicted molar refractivity (Wildman–Crippen MR) is 69.1 cm³/mol. The molecule has 87 valence electrons. The number of fused-ring (bicyclic) bond motifs is 1. The second kappa shape index (κ2) is 8.51. The predicted octanol–water partition coefficient (Wildman–Crippen LogP) is 2.78. The Bertz CT molecular complexity index is 482. The Kier molecular flexibility index (Phi) is 9.40. The molecule has 0 saturated carbocycles. The molecule has 0 bridgehead atoms. The van der Waals surface area contributed by atoms with E-state index in [1.807, 2.05) is 38.1 Å². The molecule has 2 aromatic rings. The molecule has 0 amide bonds. The van der Waals surface area contributed by atoms with E-state index in [1.54, 1.807) is 10.6 Å². The molecule has 5 heteroatoms. The van der Waals surface area contributed by atoms with Gasteiger partial charge in [0.2, 0.25) is 0 Å². The summed E-state index contributed by atoms with van der Waals surface area (Å²) in [5.41, 5.74) is 0.892. The number of carbonyl (C=O) groups is 1. The molecule has 0 aliphatic rings. The summed E-state index contributed by atoms with van der Waals surface area (Å²) < 4.78 is 1.55. The molecule has 0 spiro atoms. The molecule has 0 aliphatic carbocycles. The SMILES string of the molecule is CC.N.[B]C(=O)c1cc2ccccc2n1[CH2-].[Y]. The molecule has 3 nitrogen and oxygen atoms in total. The second-order valence-electron chi connectivity index (χ2n) is 2.88. The molecule has 0 unspecified atom stereocenters. The molecule has 17 heavy (non-hydrogen) atoms. The first-order chi connectivity index (χ1) is 7.20. The van der Waals surface area contributed by atoms with E-state index in [0.717, 1.165) is 10.9 Å². The number of benzene rings is 1. The smallest absolute Gasteiger partial charge is 0.157 e. The van der Waals surface area contributed by atoms with Crippen LogP contribution in [0.4, 0.5) is 0 Å². The summed E-state index contributed by atoms with van der Waals surface area (Å²) in [5.74, 6) is 0. The Morgan fingerprint density at radius 1 is 1.29 bits per heavy atom. The zero-order valence-electron chi connectivity index (χ0n) is 10.3. The molecule has 1 aromatic carbocycles. The maximum Gasteiger partial charge on any atom is 0.157 e. The largest absolute Gasteiger partial charge is 0.479 e. The van der Waals surface area contributed by atoms with Crippen LogP contribution in [0.1, 0.15) is 24.3 Å². The number of rotatable bonds is 1. The Morgan fingerprint density at radius 3 is 2.29 bits per heavy atom. The van der Waals surface area contributed by atoms with Crippen LogP contribution in [0.3, 0.4) is 0 Å². The van der Waals surface area contributed by atoms with Gasteiger partial charge in [-0.15, -0.1) is 7.05 Å². The van der Waals surface area contributed by atoms with E-state index in [-0.39, 0.29) is 38.9 Å². The van der Waals surface area contributed by atoms with Gasteiger partial charge >= 0.3 is 0 Å². The zero-order chi connectivity index (χ0) is 11.4. The number of nitrogens with zero attached hydrogens (tertiary/aromatic N) is 1. The number of hydrogen-bond acceptors (Lipinski definition) is 2. The van der Waals surface area contributed by atoms with Crippen molar-refractivity contribution < 1.29 is 37.5 Å². The minimum absolute atomic E-state index is 0. The van der Waals surface area contributed by atoms with E-state index in [2.05, 4.69) is 7.05 Å². The molecule has 0 aliphatic heterocycles. The van der Waals surface area contributed by atoms with Crippen LogP contribution < -0.4 is 6.15 Å². The Morgan fingerprint density at radius 2 is 1.82 bits per heavy atom. The average Bonchev–Trinajstić information content (AvgIpc) is 2.60. The molecule has 3 N–H and O–H groups in total. The Hall–Kier alpha value is -0.571. The minimum atomic E-state index is -0.453. The van der Waals surface area contributed by atoms with Crippen LogP contribution in [0.15, 0.2) is 30.3 Å². The van der Waals surface area contributed by atoms with Gasteiger partial charge in [-0.2, -0.15) is 0 Å². The summed E-state index contributed by atoms with van der Waals surface area (Å²) in [6, 6.07) is 9.37. The van der Waals surface area contributed by atoms with Crippen molar-refractivity contribution in [1.29, 1.82) is 0 Å². The van der Waals surface area contributed by atoms with Crippen LogP contribution in [0.25, 0.3) is 10.9 Å². The zero-order valence-corrected chi connectivity index (χ0v) is 13.1. The molecule has 0 saturated heterocycles. The van der Waals surface area contributed by atoms with Gasteiger partial charge in [0.1, 0.15) is 0 Å². The van der Waals surface area contributed by atoms with Crippen LogP contribution in [-0.4, -0.2) is 18.1 Å². The Balaban J connectivity index is 0. The van der Waals surface area contributed by atoms with E-state index in [4.69, 9.17) is 7.85 Å². The van der Waals surface area contributed by atoms with Crippen LogP contribution in [0.5, 0.6) is 0 Å². The summed E-state index contributed by atoms with van der Waals surface area (Å²) in [6.07, 6.45) is 0. The van der Waals surface area contributed by atoms with Crippen molar-refractivity contribution >= 4 is 24.4 Å². The van der Waals surface area contributed by atoms with Crippen molar-refractivity contribution in [3.05, 3.63) is 43.1 Å². The molecule has 3 radical (unpaired) electrons. The first-order valence-corrected chi connectivity index (χ1v) is 4.91. The van der Waals surface area contributed by atoms with Crippen LogP contribution in [0, 0.1) is 7.05 Å². The van der Waals surface area contributed by atoms with E-state index in [1.165, 1.54) is 0 Å². The van der Waals surface area contributed by atoms with Crippen LogP contribution in [-0.2, 0) is 32.7 Å². The quantitative estimate of drug-likeness (QED) is 0.650. The number of hydrogen-bond donors (Lipinski definition) is 1. The molecule has 1 aromatic heterocycles. The van der Waals surface area contributed by atoms with Gasteiger partial charge in [0.15, 0.2) is 7.85 Å². The van der Waals surface area contributed by atoms with Crippen molar-refractivity contribution in [3.63, 3.8) is 0 Å². The maximum absolute atomic E-state index is 11.0. The summed E-state index contributed by atoms with van der Waals surface area (Å²) in [4.78, 5) is 11.0. The van der Waals surface area contributed by atoms with Gasteiger partial charge < -0.3 is 15.5 Å². The normalized spacial score (nSPS) is 8.35. The summed E-state index contributed by atoms with van der Waals surface area (Å²) in [5, 5.41) is 0.978. The molecular weight excluding hydrogens is 288 g/mol. The van der Waals surface area contributed by atoms with Gasteiger partial charge in [-0.3, -0.25) is 0 Å². The Labute approximate surface area is 129 Å². The van der Waals surface area contributed by atoms with Gasteiger partial charge in [0.05, 0.1) is 5.68 Å². The van der Waals surface area contributed by atoms with Crippen molar-refractivity contribution in [2.45, 2.75) is 13.8 Å². The first-order valence-electron chi connectivity index (χ1n) is 4.91. The van der Waals surface area contributed by atoms with Gasteiger partial charge in [-0.05, 0) is 5.69 Å². The van der Waals surface area contributed by atoms with E-state index in [0.29, 0.717) is 5.69 Å². The number of carbonyl (C=O) groups excluding carboxylic acids is 1. The van der Waals surface area contributed by atoms with Gasteiger partial charge in [-0.1, -0.05) is 55.1 Å². The molecular formula is C12H16BN2OY-. The van der Waals surface area contributed by atoms with E-state index < -0.39 is 5.68 Å². The van der Waals surface area contributed by atoms with Crippen molar-refractivity contribution in [2.24, 2.45) is 0 Å². The van der Waals surface area contributed by atoms with Crippen molar-refractivity contribution in [1.82, 2.24) is 10.7 Å². The minimum Gasteiger partial charge on any atom is -0.479 e. The third kappa shape index (κ3) is 3.98. The summed E-state index contributed by atoms with van der Waals surface area (Å²) in [6.45, 7) is 4.00. The molecule has 0 fully saturated rings. The third-order valence-electron chi connectivity index (χ3n) is 2.06. The fraction of sp³-hybridized carbons (Fsp3) is 0.167. The van der Waals surface area contributed by atoms with Crippen molar-refractivity contribution in [2.75, 3.05) is 0 Å². The topological polar surface area (TPSA) is 57.0 Å². The maximum atomic E-state index is 11.0. The monoisotopic (exact) mass is 304 g/mol. The fourth-order valence-electron chi connectivity index (χ4n) is 1.41. The van der Waals surface area contributed by atoms with E-state index >= 15 is 0 Å². The van der Waals surface area contributed by atoms with Crippen LogP contribution >= 0.6 is 0 Å². The standard InChI is InChI=1S/C10H7BNO.C2H6.H3N.Y/c1-12-8-5-3-2-4-7(8)6-9(12)10(11)13;1-2;;/h2-6H,1H2;1-2H3;1H3;/q-1;;;. The van der Waals surface area contributed by atoms with Crippen molar-refractivity contribution in [3.8, 4) is 0 Å².